The van der Waals surface area contributed by atoms with Crippen molar-refractivity contribution < 1.29 is 4.74 Å². The maximum Gasteiger partial charge on any atom is 0.143 e. The van der Waals surface area contributed by atoms with Gasteiger partial charge in [0.05, 0.1) is 12.2 Å². The molecule has 0 unspecified atom stereocenters. The number of fused-ring (bicyclic) bond motifs is 1. The van der Waals surface area contributed by atoms with Crippen LogP contribution in [0.15, 0.2) is 40.9 Å². The first-order valence-electron chi connectivity index (χ1n) is 6.78. The van der Waals surface area contributed by atoms with Gasteiger partial charge in [-0.2, -0.15) is 0 Å². The minimum Gasteiger partial charge on any atom is -0.484 e. The monoisotopic (exact) mass is 331 g/mol. The SMILES string of the molecule is Cc1cc(-c2ccc3c(c2)NCC(C)(C)O3)ccc1Br. The van der Waals surface area contributed by atoms with Crippen LogP contribution in [-0.2, 0) is 0 Å². The van der Waals surface area contributed by atoms with Crippen LogP contribution < -0.4 is 10.1 Å². The molecule has 0 aliphatic carbocycles. The van der Waals surface area contributed by atoms with E-state index in [9.17, 15) is 0 Å². The summed E-state index contributed by atoms with van der Waals surface area (Å²) < 4.78 is 7.12. The molecule has 0 saturated heterocycles. The number of benzene rings is 2. The first-order chi connectivity index (χ1) is 9.44. The Kier molecular flexibility index (Phi) is 3.25. The van der Waals surface area contributed by atoms with Crippen molar-refractivity contribution in [2.45, 2.75) is 26.4 Å². The number of hydrogen-bond donors (Lipinski definition) is 1. The van der Waals surface area contributed by atoms with Gasteiger partial charge in [0.25, 0.3) is 0 Å². The van der Waals surface area contributed by atoms with Gasteiger partial charge in [0, 0.05) is 4.47 Å². The molecule has 0 saturated carbocycles. The molecule has 2 nitrogen and oxygen atoms in total. The molecule has 1 heterocycles. The molecule has 1 aliphatic rings. The van der Waals surface area contributed by atoms with Gasteiger partial charge in [0.1, 0.15) is 11.4 Å². The van der Waals surface area contributed by atoms with E-state index < -0.39 is 0 Å². The third-order valence-electron chi connectivity index (χ3n) is 3.56. The summed E-state index contributed by atoms with van der Waals surface area (Å²) in [5.74, 6) is 0.929. The number of ether oxygens (including phenoxy) is 1. The summed E-state index contributed by atoms with van der Waals surface area (Å²) in [6.07, 6.45) is 0. The molecule has 2 aromatic carbocycles. The molecule has 0 fully saturated rings. The summed E-state index contributed by atoms with van der Waals surface area (Å²) in [6, 6.07) is 12.7. The Bertz CT molecular complexity index is 664. The highest BCUT2D eigenvalue weighted by Crippen LogP contribution is 2.36. The van der Waals surface area contributed by atoms with Crippen molar-refractivity contribution in [3.63, 3.8) is 0 Å². The lowest BCUT2D eigenvalue weighted by Gasteiger charge is -2.33. The Balaban J connectivity index is 1.99. The zero-order valence-corrected chi connectivity index (χ0v) is 13.5. The fourth-order valence-electron chi connectivity index (χ4n) is 2.40. The highest BCUT2D eigenvalue weighted by molar-refractivity contribution is 9.10. The molecule has 0 radical (unpaired) electrons. The summed E-state index contributed by atoms with van der Waals surface area (Å²) >= 11 is 3.54. The molecular weight excluding hydrogens is 314 g/mol. The van der Waals surface area contributed by atoms with Gasteiger partial charge >= 0.3 is 0 Å². The van der Waals surface area contributed by atoms with Crippen LogP contribution in [0.25, 0.3) is 11.1 Å². The standard InChI is InChI=1S/C17H18BrNO/c1-11-8-12(4-6-14(11)18)13-5-7-16-15(9-13)19-10-17(2,3)20-16/h4-9,19H,10H2,1-3H3. The van der Waals surface area contributed by atoms with Crippen LogP contribution in [0, 0.1) is 6.92 Å². The number of rotatable bonds is 1. The van der Waals surface area contributed by atoms with Crippen LogP contribution in [0.5, 0.6) is 5.75 Å². The summed E-state index contributed by atoms with van der Waals surface area (Å²) in [7, 11) is 0. The van der Waals surface area contributed by atoms with E-state index in [0.29, 0.717) is 0 Å². The number of aryl methyl sites for hydroxylation is 1. The van der Waals surface area contributed by atoms with Crippen molar-refractivity contribution in [1.82, 2.24) is 0 Å². The third kappa shape index (κ3) is 2.55. The summed E-state index contributed by atoms with van der Waals surface area (Å²) in [4.78, 5) is 0. The minimum atomic E-state index is -0.150. The van der Waals surface area contributed by atoms with Gasteiger partial charge in [-0.1, -0.05) is 34.1 Å². The lowest BCUT2D eigenvalue weighted by molar-refractivity contribution is 0.116. The quantitative estimate of drug-likeness (QED) is 0.793. The first kappa shape index (κ1) is 13.5. The van der Waals surface area contributed by atoms with E-state index in [2.05, 4.69) is 78.4 Å². The molecule has 1 aliphatic heterocycles. The number of hydrogen-bond acceptors (Lipinski definition) is 2. The van der Waals surface area contributed by atoms with E-state index in [0.717, 1.165) is 22.5 Å². The van der Waals surface area contributed by atoms with E-state index in [4.69, 9.17) is 4.74 Å². The van der Waals surface area contributed by atoms with Gasteiger partial charge in [0.15, 0.2) is 0 Å². The maximum absolute atomic E-state index is 5.98. The van der Waals surface area contributed by atoms with E-state index in [1.807, 2.05) is 0 Å². The van der Waals surface area contributed by atoms with Crippen molar-refractivity contribution in [1.29, 1.82) is 0 Å². The predicted molar refractivity (Wildman–Crippen MR) is 87.5 cm³/mol. The minimum absolute atomic E-state index is 0.150. The maximum atomic E-state index is 5.98. The molecule has 104 valence electrons. The van der Waals surface area contributed by atoms with Crippen LogP contribution in [0.3, 0.4) is 0 Å². The second-order valence-corrected chi connectivity index (χ2v) is 6.74. The Labute approximate surface area is 128 Å². The molecule has 0 amide bonds. The summed E-state index contributed by atoms with van der Waals surface area (Å²) in [6.45, 7) is 7.11. The van der Waals surface area contributed by atoms with Crippen LogP contribution in [0.1, 0.15) is 19.4 Å². The van der Waals surface area contributed by atoms with Crippen molar-refractivity contribution in [2.75, 3.05) is 11.9 Å². The normalized spacial score (nSPS) is 16.0. The molecule has 0 aromatic heterocycles. The number of halogens is 1. The van der Waals surface area contributed by atoms with Gasteiger partial charge in [-0.05, 0) is 55.7 Å². The van der Waals surface area contributed by atoms with E-state index in [1.165, 1.54) is 16.7 Å². The molecule has 3 heteroatoms. The fraction of sp³-hybridized carbons (Fsp3) is 0.294. The average molecular weight is 332 g/mol. The molecule has 0 atom stereocenters. The summed E-state index contributed by atoms with van der Waals surface area (Å²) in [5, 5.41) is 3.45. The molecule has 0 bridgehead atoms. The molecule has 0 spiro atoms. The average Bonchev–Trinajstić information content (AvgIpc) is 2.40. The van der Waals surface area contributed by atoms with E-state index >= 15 is 0 Å². The lowest BCUT2D eigenvalue weighted by Crippen LogP contribution is -2.39. The second kappa shape index (κ2) is 4.81. The Morgan fingerprint density at radius 3 is 2.55 bits per heavy atom. The zero-order valence-electron chi connectivity index (χ0n) is 12.0. The van der Waals surface area contributed by atoms with Crippen LogP contribution in [0.4, 0.5) is 5.69 Å². The van der Waals surface area contributed by atoms with Crippen molar-refractivity contribution in [3.8, 4) is 16.9 Å². The number of anilines is 1. The van der Waals surface area contributed by atoms with Crippen LogP contribution >= 0.6 is 15.9 Å². The van der Waals surface area contributed by atoms with Gasteiger partial charge in [0.2, 0.25) is 0 Å². The van der Waals surface area contributed by atoms with Gasteiger partial charge < -0.3 is 10.1 Å². The van der Waals surface area contributed by atoms with Gasteiger partial charge in [-0.25, -0.2) is 0 Å². The smallest absolute Gasteiger partial charge is 0.143 e. The molecule has 20 heavy (non-hydrogen) atoms. The highest BCUT2D eigenvalue weighted by atomic mass is 79.9. The first-order valence-corrected chi connectivity index (χ1v) is 7.57. The molecule has 2 aromatic rings. The largest absolute Gasteiger partial charge is 0.484 e. The van der Waals surface area contributed by atoms with Crippen LogP contribution in [-0.4, -0.2) is 12.1 Å². The predicted octanol–water partition coefficient (Wildman–Crippen LogP) is 5.01. The Hall–Kier alpha value is -1.48. The van der Waals surface area contributed by atoms with Crippen LogP contribution in [0.2, 0.25) is 0 Å². The molecular formula is C17H18BrNO. The van der Waals surface area contributed by atoms with Crippen molar-refractivity contribution in [2.24, 2.45) is 0 Å². The fourth-order valence-corrected chi connectivity index (χ4v) is 2.65. The lowest BCUT2D eigenvalue weighted by atomic mass is 10.0. The molecule has 1 N–H and O–H groups in total. The van der Waals surface area contributed by atoms with Crippen molar-refractivity contribution in [3.05, 3.63) is 46.4 Å². The molecule has 3 rings (SSSR count). The van der Waals surface area contributed by atoms with E-state index in [1.54, 1.807) is 0 Å². The van der Waals surface area contributed by atoms with E-state index in [-0.39, 0.29) is 5.60 Å². The third-order valence-corrected chi connectivity index (χ3v) is 4.45. The zero-order chi connectivity index (χ0) is 14.3. The second-order valence-electron chi connectivity index (χ2n) is 5.89. The Morgan fingerprint density at radius 1 is 1.10 bits per heavy atom. The summed E-state index contributed by atoms with van der Waals surface area (Å²) in [5.41, 5.74) is 4.59. The Morgan fingerprint density at radius 2 is 1.80 bits per heavy atom. The van der Waals surface area contributed by atoms with Crippen molar-refractivity contribution >= 4 is 21.6 Å². The van der Waals surface area contributed by atoms with Gasteiger partial charge in [-0.3, -0.25) is 0 Å². The topological polar surface area (TPSA) is 21.3 Å². The highest BCUT2D eigenvalue weighted by Gasteiger charge is 2.26. The van der Waals surface area contributed by atoms with Gasteiger partial charge in [-0.15, -0.1) is 0 Å². The number of nitrogens with one attached hydrogen (secondary N) is 1.